The summed E-state index contributed by atoms with van der Waals surface area (Å²) in [7, 11) is 0. The SMILES string of the molecule is CCOC=Cc1cc2c(cc1NC1CN(C(=O)OC(C)(C)C)C1)N1C(=NNC(=O)C1C)CO2. The van der Waals surface area contributed by atoms with Crippen LogP contribution in [0.25, 0.3) is 6.08 Å². The molecule has 3 heterocycles. The first-order valence-corrected chi connectivity index (χ1v) is 11.2. The van der Waals surface area contributed by atoms with Crippen molar-refractivity contribution in [2.75, 3.05) is 36.5 Å². The van der Waals surface area contributed by atoms with Gasteiger partial charge >= 0.3 is 6.09 Å². The summed E-state index contributed by atoms with van der Waals surface area (Å²) in [6.07, 6.45) is 3.20. The van der Waals surface area contributed by atoms with E-state index in [4.69, 9.17) is 14.2 Å². The number of carbonyl (C=O) groups excluding carboxylic acids is 2. The first-order chi connectivity index (χ1) is 15.7. The summed E-state index contributed by atoms with van der Waals surface area (Å²) < 4.78 is 16.8. The molecule has 10 heteroatoms. The number of amides is 2. The molecular weight excluding hydrogens is 426 g/mol. The number of amidine groups is 1. The van der Waals surface area contributed by atoms with Gasteiger partial charge in [0.15, 0.2) is 5.84 Å². The van der Waals surface area contributed by atoms with Crippen molar-refractivity contribution < 1.29 is 23.8 Å². The Balaban J connectivity index is 1.57. The third kappa shape index (κ3) is 4.84. The predicted molar refractivity (Wildman–Crippen MR) is 125 cm³/mol. The van der Waals surface area contributed by atoms with Crippen LogP contribution in [0.3, 0.4) is 0 Å². The van der Waals surface area contributed by atoms with E-state index in [2.05, 4.69) is 15.8 Å². The molecule has 1 atom stereocenters. The number of hydrogen-bond donors (Lipinski definition) is 2. The van der Waals surface area contributed by atoms with E-state index >= 15 is 0 Å². The Kier molecular flexibility index (Phi) is 6.09. The van der Waals surface area contributed by atoms with Crippen molar-refractivity contribution in [3.8, 4) is 5.75 Å². The van der Waals surface area contributed by atoms with E-state index in [0.29, 0.717) is 31.3 Å². The van der Waals surface area contributed by atoms with Gasteiger partial charge in [0.25, 0.3) is 5.91 Å². The Morgan fingerprint density at radius 3 is 2.82 bits per heavy atom. The van der Waals surface area contributed by atoms with E-state index in [-0.39, 0.29) is 24.6 Å². The monoisotopic (exact) mass is 457 g/mol. The number of nitrogens with one attached hydrogen (secondary N) is 2. The topological polar surface area (TPSA) is 105 Å². The average molecular weight is 458 g/mol. The second-order valence-corrected chi connectivity index (χ2v) is 9.23. The zero-order valence-electron chi connectivity index (χ0n) is 19.7. The van der Waals surface area contributed by atoms with Crippen LogP contribution in [0, 0.1) is 0 Å². The molecule has 178 valence electrons. The number of carbonyl (C=O) groups is 2. The summed E-state index contributed by atoms with van der Waals surface area (Å²) in [6, 6.07) is 3.53. The zero-order valence-corrected chi connectivity index (χ0v) is 19.7. The van der Waals surface area contributed by atoms with E-state index in [9.17, 15) is 9.59 Å². The Morgan fingerprint density at radius 1 is 1.36 bits per heavy atom. The van der Waals surface area contributed by atoms with Crippen LogP contribution in [0.4, 0.5) is 16.2 Å². The Labute approximate surface area is 193 Å². The number of rotatable bonds is 5. The second-order valence-electron chi connectivity index (χ2n) is 9.23. The van der Waals surface area contributed by atoms with Gasteiger partial charge in [0, 0.05) is 24.3 Å². The summed E-state index contributed by atoms with van der Waals surface area (Å²) in [5, 5.41) is 7.66. The molecule has 0 radical (unpaired) electrons. The number of anilines is 2. The molecule has 3 aliphatic heterocycles. The van der Waals surface area contributed by atoms with E-state index in [1.54, 1.807) is 11.2 Å². The van der Waals surface area contributed by atoms with Crippen LogP contribution in [-0.2, 0) is 14.3 Å². The first-order valence-electron chi connectivity index (χ1n) is 11.2. The summed E-state index contributed by atoms with van der Waals surface area (Å²) >= 11 is 0. The van der Waals surface area contributed by atoms with Crippen molar-refractivity contribution >= 4 is 35.3 Å². The lowest BCUT2D eigenvalue weighted by molar-refractivity contribution is -0.122. The molecule has 0 saturated carbocycles. The fourth-order valence-electron chi connectivity index (χ4n) is 3.83. The summed E-state index contributed by atoms with van der Waals surface area (Å²) in [4.78, 5) is 28.1. The van der Waals surface area contributed by atoms with E-state index in [0.717, 1.165) is 16.9 Å². The third-order valence-corrected chi connectivity index (χ3v) is 5.49. The van der Waals surface area contributed by atoms with Gasteiger partial charge in [-0.2, -0.15) is 5.10 Å². The molecule has 2 N–H and O–H groups in total. The normalized spacial score (nSPS) is 20.2. The van der Waals surface area contributed by atoms with Gasteiger partial charge in [-0.15, -0.1) is 0 Å². The highest BCUT2D eigenvalue weighted by Gasteiger charge is 2.37. The highest BCUT2D eigenvalue weighted by atomic mass is 16.6. The molecule has 0 spiro atoms. The quantitative estimate of drug-likeness (QED) is 0.655. The van der Waals surface area contributed by atoms with E-state index in [1.807, 2.05) is 57.7 Å². The van der Waals surface area contributed by atoms with Crippen LogP contribution in [0.15, 0.2) is 23.5 Å². The minimum Gasteiger partial charge on any atom is -0.501 e. The molecule has 1 fully saturated rings. The number of ether oxygens (including phenoxy) is 3. The Bertz CT molecular complexity index is 994. The van der Waals surface area contributed by atoms with Gasteiger partial charge in [-0.3, -0.25) is 4.79 Å². The van der Waals surface area contributed by atoms with Crippen molar-refractivity contribution in [2.24, 2.45) is 5.10 Å². The fraction of sp³-hybridized carbons (Fsp3) is 0.522. The Hall–Kier alpha value is -3.43. The van der Waals surface area contributed by atoms with Gasteiger partial charge in [-0.25, -0.2) is 10.2 Å². The number of hydrazone groups is 1. The molecule has 2 amide bonds. The lowest BCUT2D eigenvalue weighted by Gasteiger charge is -2.41. The Morgan fingerprint density at radius 2 is 2.12 bits per heavy atom. The maximum absolute atomic E-state index is 12.3. The number of benzene rings is 1. The van der Waals surface area contributed by atoms with Crippen LogP contribution < -0.4 is 20.4 Å². The maximum Gasteiger partial charge on any atom is 0.410 e. The number of hydrogen-bond acceptors (Lipinski definition) is 8. The van der Waals surface area contributed by atoms with Crippen LogP contribution >= 0.6 is 0 Å². The molecule has 33 heavy (non-hydrogen) atoms. The molecule has 1 aromatic carbocycles. The summed E-state index contributed by atoms with van der Waals surface area (Å²) in [5.41, 5.74) is 4.51. The van der Waals surface area contributed by atoms with Crippen LogP contribution in [0.2, 0.25) is 0 Å². The van der Waals surface area contributed by atoms with Gasteiger partial charge in [-0.1, -0.05) is 0 Å². The van der Waals surface area contributed by atoms with Crippen molar-refractivity contribution in [2.45, 2.75) is 52.3 Å². The molecule has 1 saturated heterocycles. The van der Waals surface area contributed by atoms with E-state index < -0.39 is 11.6 Å². The molecule has 0 bridgehead atoms. The summed E-state index contributed by atoms with van der Waals surface area (Å²) in [5.74, 6) is 1.15. The number of nitrogens with zero attached hydrogens (tertiary/aromatic N) is 3. The fourth-order valence-corrected chi connectivity index (χ4v) is 3.83. The second kappa shape index (κ2) is 8.84. The van der Waals surface area contributed by atoms with Crippen molar-refractivity contribution in [3.63, 3.8) is 0 Å². The smallest absolute Gasteiger partial charge is 0.410 e. The van der Waals surface area contributed by atoms with Crippen LogP contribution in [0.5, 0.6) is 5.75 Å². The van der Waals surface area contributed by atoms with Crippen LogP contribution in [0.1, 0.15) is 40.2 Å². The molecule has 1 aromatic rings. The minimum absolute atomic E-state index is 0.0644. The molecule has 10 nitrogen and oxygen atoms in total. The molecule has 4 rings (SSSR count). The number of likely N-dealkylation sites (tertiary alicyclic amines) is 1. The lowest BCUT2D eigenvalue weighted by Crippen LogP contribution is -2.58. The minimum atomic E-state index is -0.526. The van der Waals surface area contributed by atoms with Crippen molar-refractivity contribution in [3.05, 3.63) is 24.0 Å². The maximum atomic E-state index is 12.3. The highest BCUT2D eigenvalue weighted by Crippen LogP contribution is 2.40. The van der Waals surface area contributed by atoms with Gasteiger partial charge in [0.1, 0.15) is 24.0 Å². The standard InChI is InChI=1S/C23H31N5O5/c1-6-31-8-7-15-9-19-18(28-14(2)21(29)26-25-20(28)13-32-19)10-17(15)24-16-11-27(12-16)22(30)33-23(3,4)5/h7-10,14,16,24H,6,11-13H2,1-5H3,(H,26,29). The lowest BCUT2D eigenvalue weighted by atomic mass is 10.0. The van der Waals surface area contributed by atoms with E-state index in [1.165, 1.54) is 0 Å². The van der Waals surface area contributed by atoms with Gasteiger partial charge in [0.2, 0.25) is 0 Å². The highest BCUT2D eigenvalue weighted by molar-refractivity contribution is 6.09. The number of fused-ring (bicyclic) bond motifs is 3. The molecule has 1 unspecified atom stereocenters. The molecule has 0 aliphatic carbocycles. The zero-order chi connectivity index (χ0) is 23.8. The molecule has 3 aliphatic rings. The predicted octanol–water partition coefficient (Wildman–Crippen LogP) is 2.76. The first kappa shape index (κ1) is 22.8. The van der Waals surface area contributed by atoms with Gasteiger partial charge in [0.05, 0.1) is 24.6 Å². The molecule has 0 aromatic heterocycles. The van der Waals surface area contributed by atoms with Crippen molar-refractivity contribution in [1.82, 2.24) is 10.3 Å². The largest absolute Gasteiger partial charge is 0.501 e. The summed E-state index contributed by atoms with van der Waals surface area (Å²) in [6.45, 7) is 11.2. The van der Waals surface area contributed by atoms with Crippen molar-refractivity contribution in [1.29, 1.82) is 0 Å². The van der Waals surface area contributed by atoms with Gasteiger partial charge < -0.3 is 29.3 Å². The van der Waals surface area contributed by atoms with Crippen LogP contribution in [-0.4, -0.2) is 66.7 Å². The molecular formula is C23H31N5O5. The van der Waals surface area contributed by atoms with Gasteiger partial charge in [-0.05, 0) is 52.8 Å². The third-order valence-electron chi connectivity index (χ3n) is 5.49. The average Bonchev–Trinajstić information content (AvgIpc) is 2.71.